The van der Waals surface area contributed by atoms with Gasteiger partial charge in [-0.05, 0) is 26.7 Å². The summed E-state index contributed by atoms with van der Waals surface area (Å²) >= 11 is 0. The molecule has 1 saturated heterocycles. The molecule has 100 valence electrons. The quantitative estimate of drug-likeness (QED) is 0.806. The summed E-state index contributed by atoms with van der Waals surface area (Å²) in [6, 6.07) is 0. The van der Waals surface area contributed by atoms with Crippen molar-refractivity contribution in [1.29, 1.82) is 0 Å². The van der Waals surface area contributed by atoms with E-state index >= 15 is 0 Å². The maximum absolute atomic E-state index is 12.7. The number of nitrogens with one attached hydrogen (secondary N) is 1. The maximum atomic E-state index is 12.7. The number of hydrogen-bond acceptors (Lipinski definition) is 2. The molecular weight excluding hydrogens is 222 g/mol. The monoisotopic (exact) mass is 246 g/mol. The summed E-state index contributed by atoms with van der Waals surface area (Å²) < 4.78 is 25.5. The summed E-state index contributed by atoms with van der Waals surface area (Å²) in [6.45, 7) is 5.73. The fourth-order valence-corrected chi connectivity index (χ4v) is 3.34. The van der Waals surface area contributed by atoms with Crippen molar-refractivity contribution < 1.29 is 8.78 Å². The lowest BCUT2D eigenvalue weighted by molar-refractivity contribution is -0.0431. The molecule has 2 fully saturated rings. The summed E-state index contributed by atoms with van der Waals surface area (Å²) in [6.07, 6.45) is 3.55. The number of halogens is 2. The van der Waals surface area contributed by atoms with Crippen LogP contribution in [0.25, 0.3) is 0 Å². The van der Waals surface area contributed by atoms with Gasteiger partial charge in [0.05, 0.1) is 6.54 Å². The van der Waals surface area contributed by atoms with Crippen LogP contribution in [0.5, 0.6) is 0 Å². The highest BCUT2D eigenvalue weighted by Gasteiger charge is 2.45. The average molecular weight is 246 g/mol. The highest BCUT2D eigenvalue weighted by atomic mass is 19.3. The maximum Gasteiger partial charge on any atom is 0.251 e. The first-order valence-electron chi connectivity index (χ1n) is 6.72. The number of rotatable bonds is 2. The van der Waals surface area contributed by atoms with Gasteiger partial charge in [-0.2, -0.15) is 0 Å². The van der Waals surface area contributed by atoms with Crippen LogP contribution in [-0.2, 0) is 0 Å². The summed E-state index contributed by atoms with van der Waals surface area (Å²) in [5.74, 6) is 0. The second-order valence-electron chi connectivity index (χ2n) is 6.29. The summed E-state index contributed by atoms with van der Waals surface area (Å²) in [4.78, 5) is 2.06. The zero-order valence-corrected chi connectivity index (χ0v) is 10.9. The molecule has 0 atom stereocenters. The molecular formula is C13H24F2N2. The Bertz CT molecular complexity index is 260. The van der Waals surface area contributed by atoms with E-state index in [0.29, 0.717) is 0 Å². The van der Waals surface area contributed by atoms with E-state index in [1.165, 1.54) is 19.3 Å². The molecule has 0 aromatic rings. The van der Waals surface area contributed by atoms with Gasteiger partial charge >= 0.3 is 0 Å². The molecule has 4 heteroatoms. The average Bonchev–Trinajstić information content (AvgIpc) is 2.25. The van der Waals surface area contributed by atoms with Crippen molar-refractivity contribution in [3.05, 3.63) is 0 Å². The third-order valence-electron chi connectivity index (χ3n) is 4.30. The van der Waals surface area contributed by atoms with E-state index in [1.54, 1.807) is 0 Å². The molecule has 0 bridgehead atoms. The summed E-state index contributed by atoms with van der Waals surface area (Å²) in [7, 11) is 0. The molecule has 0 amide bonds. The third-order valence-corrected chi connectivity index (χ3v) is 4.30. The van der Waals surface area contributed by atoms with Crippen molar-refractivity contribution in [2.45, 2.75) is 63.5 Å². The SMILES string of the molecule is CC1(C)CN(CC(F)F)C2(CCCCC2)CN1. The minimum Gasteiger partial charge on any atom is -0.309 e. The van der Waals surface area contributed by atoms with Crippen molar-refractivity contribution >= 4 is 0 Å². The first kappa shape index (κ1) is 13.2. The number of alkyl halides is 2. The fraction of sp³-hybridized carbons (Fsp3) is 1.00. The van der Waals surface area contributed by atoms with Crippen LogP contribution in [0, 0.1) is 0 Å². The lowest BCUT2D eigenvalue weighted by Crippen LogP contribution is -2.69. The topological polar surface area (TPSA) is 15.3 Å². The molecule has 17 heavy (non-hydrogen) atoms. The molecule has 0 radical (unpaired) electrons. The van der Waals surface area contributed by atoms with Crippen LogP contribution in [0.15, 0.2) is 0 Å². The van der Waals surface area contributed by atoms with E-state index in [9.17, 15) is 8.78 Å². The number of hydrogen-bond donors (Lipinski definition) is 1. The Morgan fingerprint density at radius 2 is 1.82 bits per heavy atom. The molecule has 1 aliphatic heterocycles. The van der Waals surface area contributed by atoms with Crippen molar-refractivity contribution in [3.8, 4) is 0 Å². The number of nitrogens with zero attached hydrogens (tertiary/aromatic N) is 1. The van der Waals surface area contributed by atoms with Crippen LogP contribution in [0.2, 0.25) is 0 Å². The van der Waals surface area contributed by atoms with Gasteiger partial charge in [0.15, 0.2) is 0 Å². The first-order chi connectivity index (χ1) is 7.94. The lowest BCUT2D eigenvalue weighted by Gasteiger charge is -2.54. The van der Waals surface area contributed by atoms with Crippen LogP contribution in [0.3, 0.4) is 0 Å². The molecule has 0 aromatic heterocycles. The first-order valence-corrected chi connectivity index (χ1v) is 6.72. The van der Waals surface area contributed by atoms with Crippen LogP contribution < -0.4 is 5.32 Å². The summed E-state index contributed by atoms with van der Waals surface area (Å²) in [5.41, 5.74) is -0.0399. The minimum absolute atomic E-state index is 0.00417. The van der Waals surface area contributed by atoms with Crippen molar-refractivity contribution in [2.75, 3.05) is 19.6 Å². The zero-order valence-electron chi connectivity index (χ0n) is 10.9. The van der Waals surface area contributed by atoms with Gasteiger partial charge in [-0.25, -0.2) is 8.78 Å². The Balaban J connectivity index is 2.12. The van der Waals surface area contributed by atoms with Crippen LogP contribution in [-0.4, -0.2) is 42.0 Å². The van der Waals surface area contributed by atoms with E-state index in [2.05, 4.69) is 24.1 Å². The summed E-state index contributed by atoms with van der Waals surface area (Å²) in [5, 5.41) is 3.54. The van der Waals surface area contributed by atoms with Crippen molar-refractivity contribution in [1.82, 2.24) is 10.2 Å². The highest BCUT2D eigenvalue weighted by molar-refractivity contribution is 5.03. The fourth-order valence-electron chi connectivity index (χ4n) is 3.34. The normalized spacial score (nSPS) is 28.8. The predicted molar refractivity (Wildman–Crippen MR) is 65.5 cm³/mol. The van der Waals surface area contributed by atoms with Crippen LogP contribution >= 0.6 is 0 Å². The third kappa shape index (κ3) is 2.97. The Labute approximate surface area is 103 Å². The van der Waals surface area contributed by atoms with E-state index in [0.717, 1.165) is 25.9 Å². The Morgan fingerprint density at radius 3 is 2.41 bits per heavy atom. The van der Waals surface area contributed by atoms with Gasteiger partial charge in [0.25, 0.3) is 6.43 Å². The van der Waals surface area contributed by atoms with Gasteiger partial charge in [0.1, 0.15) is 0 Å². The van der Waals surface area contributed by atoms with Gasteiger partial charge in [-0.3, -0.25) is 4.90 Å². The Hall–Kier alpha value is -0.220. The lowest BCUT2D eigenvalue weighted by atomic mass is 9.77. The van der Waals surface area contributed by atoms with Gasteiger partial charge in [0.2, 0.25) is 0 Å². The van der Waals surface area contributed by atoms with Gasteiger partial charge in [-0.15, -0.1) is 0 Å². The highest BCUT2D eigenvalue weighted by Crippen LogP contribution is 2.37. The van der Waals surface area contributed by atoms with Crippen molar-refractivity contribution in [3.63, 3.8) is 0 Å². The molecule has 0 unspecified atom stereocenters. The van der Waals surface area contributed by atoms with Gasteiger partial charge in [0, 0.05) is 24.2 Å². The predicted octanol–water partition coefficient (Wildman–Crippen LogP) is 2.64. The molecule has 1 spiro atoms. The number of piperazine rings is 1. The van der Waals surface area contributed by atoms with Crippen LogP contribution in [0.1, 0.15) is 46.0 Å². The van der Waals surface area contributed by atoms with Crippen LogP contribution in [0.4, 0.5) is 8.78 Å². The molecule has 1 saturated carbocycles. The van der Waals surface area contributed by atoms with Gasteiger partial charge < -0.3 is 5.32 Å². The molecule has 2 nitrogen and oxygen atoms in total. The molecule has 1 aliphatic carbocycles. The standard InChI is InChI=1S/C13H24F2N2/c1-12(2)10-17(8-11(14)15)13(9-16-12)6-4-3-5-7-13/h11,16H,3-10H2,1-2H3. The Morgan fingerprint density at radius 1 is 1.18 bits per heavy atom. The smallest absolute Gasteiger partial charge is 0.251 e. The molecule has 0 aromatic carbocycles. The molecule has 1 N–H and O–H groups in total. The molecule has 2 rings (SSSR count). The van der Waals surface area contributed by atoms with E-state index in [-0.39, 0.29) is 17.6 Å². The van der Waals surface area contributed by atoms with E-state index in [1.807, 2.05) is 0 Å². The zero-order chi connectivity index (χ0) is 12.5. The van der Waals surface area contributed by atoms with Gasteiger partial charge in [-0.1, -0.05) is 19.3 Å². The van der Waals surface area contributed by atoms with E-state index in [4.69, 9.17) is 0 Å². The Kier molecular flexibility index (Phi) is 3.74. The van der Waals surface area contributed by atoms with Crippen molar-refractivity contribution in [2.24, 2.45) is 0 Å². The minimum atomic E-state index is -2.22. The molecule has 1 heterocycles. The second kappa shape index (κ2) is 4.81. The second-order valence-corrected chi connectivity index (χ2v) is 6.29. The largest absolute Gasteiger partial charge is 0.309 e. The van der Waals surface area contributed by atoms with E-state index < -0.39 is 6.43 Å². The molecule has 2 aliphatic rings.